The van der Waals surface area contributed by atoms with Crippen LogP contribution in [0.15, 0.2) is 72.4 Å². The van der Waals surface area contributed by atoms with E-state index in [0.29, 0.717) is 29.1 Å². The molecule has 1 unspecified atom stereocenters. The summed E-state index contributed by atoms with van der Waals surface area (Å²) < 4.78 is 5.81. The number of amides is 1. The van der Waals surface area contributed by atoms with Gasteiger partial charge in [-0.3, -0.25) is 19.5 Å². The second kappa shape index (κ2) is 9.20. The Bertz CT molecular complexity index is 1500. The molecule has 1 fully saturated rings. The van der Waals surface area contributed by atoms with Gasteiger partial charge in [-0.25, -0.2) is 4.98 Å². The minimum absolute atomic E-state index is 0.0480. The van der Waals surface area contributed by atoms with E-state index >= 15 is 0 Å². The van der Waals surface area contributed by atoms with Crippen molar-refractivity contribution < 1.29 is 19.4 Å². The molecule has 2 aromatic heterocycles. The fraction of sp³-hybridized carbons (Fsp3) is 0.241. The van der Waals surface area contributed by atoms with Gasteiger partial charge in [-0.15, -0.1) is 0 Å². The largest absolute Gasteiger partial charge is 0.507 e. The van der Waals surface area contributed by atoms with E-state index in [1.165, 1.54) is 4.90 Å². The number of carbonyl (C=O) groups is 2. The van der Waals surface area contributed by atoms with Crippen LogP contribution >= 0.6 is 0 Å². The van der Waals surface area contributed by atoms with Crippen LogP contribution in [0.25, 0.3) is 16.8 Å². The number of Topliss-reactive ketones (excluding diaryl/α,β-unsaturated/α-hetero) is 1. The van der Waals surface area contributed by atoms with Crippen LogP contribution in [0.2, 0.25) is 0 Å². The number of aromatic amines is 1. The van der Waals surface area contributed by atoms with Crippen LogP contribution in [0.3, 0.4) is 0 Å². The molecule has 1 aliphatic heterocycles. The van der Waals surface area contributed by atoms with E-state index in [1.54, 1.807) is 36.5 Å². The number of para-hydroxylation sites is 2. The summed E-state index contributed by atoms with van der Waals surface area (Å²) in [5.41, 5.74) is 2.76. The van der Waals surface area contributed by atoms with Crippen LogP contribution in [-0.2, 0) is 15.0 Å². The molecule has 0 spiro atoms. The molecule has 4 aromatic rings. The van der Waals surface area contributed by atoms with Crippen molar-refractivity contribution in [3.05, 3.63) is 89.3 Å². The van der Waals surface area contributed by atoms with E-state index in [2.05, 4.69) is 15.0 Å². The number of hydrogen-bond donors (Lipinski definition) is 2. The van der Waals surface area contributed by atoms with Crippen LogP contribution in [0.4, 0.5) is 5.95 Å². The Hall–Kier alpha value is -4.46. The van der Waals surface area contributed by atoms with Crippen molar-refractivity contribution in [2.75, 3.05) is 11.5 Å². The van der Waals surface area contributed by atoms with Crippen molar-refractivity contribution >= 4 is 34.4 Å². The predicted octanol–water partition coefficient (Wildman–Crippen LogP) is 5.28. The summed E-state index contributed by atoms with van der Waals surface area (Å²) in [5, 5.41) is 11.5. The zero-order valence-electron chi connectivity index (χ0n) is 21.1. The zero-order valence-corrected chi connectivity index (χ0v) is 21.1. The number of carbonyl (C=O) groups excluding carboxylic acids is 2. The maximum Gasteiger partial charge on any atom is 0.302 e. The highest BCUT2D eigenvalue weighted by Gasteiger charge is 2.49. The molecule has 8 heteroatoms. The maximum absolute atomic E-state index is 13.5. The summed E-state index contributed by atoms with van der Waals surface area (Å²) >= 11 is 0. The van der Waals surface area contributed by atoms with E-state index < -0.39 is 17.7 Å². The van der Waals surface area contributed by atoms with Gasteiger partial charge in [0, 0.05) is 17.3 Å². The molecule has 188 valence electrons. The van der Waals surface area contributed by atoms with Crippen LogP contribution in [0.5, 0.6) is 5.75 Å². The first kappa shape index (κ1) is 24.2. The van der Waals surface area contributed by atoms with Crippen LogP contribution in [0, 0.1) is 0 Å². The van der Waals surface area contributed by atoms with E-state index in [0.717, 1.165) is 11.1 Å². The van der Waals surface area contributed by atoms with Crippen LogP contribution in [0.1, 0.15) is 50.6 Å². The SMILES string of the molecule is CCOc1ccc(/C(O)=C2\C(=O)C(=O)N(c3nc4ccccc4[nH]3)C2c2ccccn2)cc1C(C)(C)C. The van der Waals surface area contributed by atoms with Crippen molar-refractivity contribution in [2.45, 2.75) is 39.2 Å². The lowest BCUT2D eigenvalue weighted by molar-refractivity contribution is -0.132. The molecule has 3 heterocycles. The average Bonchev–Trinajstić information content (AvgIpc) is 3.42. The number of aliphatic hydroxyl groups excluding tert-OH is 1. The standard InChI is InChI=1S/C29H28N4O4/c1-5-37-22-14-13-17(16-18(22)29(2,3)4)25(34)23-24(21-12-8-9-15-30-21)33(27(36)26(23)35)28-31-19-10-6-7-11-20(19)32-28/h6-16,24,34H,5H2,1-4H3,(H,31,32)/b25-23+. The minimum atomic E-state index is -0.966. The van der Waals surface area contributed by atoms with Gasteiger partial charge < -0.3 is 14.8 Å². The Morgan fingerprint density at radius 3 is 2.51 bits per heavy atom. The molecule has 1 atom stereocenters. The van der Waals surface area contributed by atoms with Gasteiger partial charge in [-0.05, 0) is 54.8 Å². The molecule has 0 aliphatic carbocycles. The van der Waals surface area contributed by atoms with Crippen LogP contribution in [-0.4, -0.2) is 38.4 Å². The number of aliphatic hydroxyl groups is 1. The molecule has 5 rings (SSSR count). The first-order valence-corrected chi connectivity index (χ1v) is 12.1. The molecular formula is C29H28N4O4. The molecule has 1 aliphatic rings. The zero-order chi connectivity index (χ0) is 26.3. The minimum Gasteiger partial charge on any atom is -0.507 e. The predicted molar refractivity (Wildman–Crippen MR) is 141 cm³/mol. The number of benzene rings is 2. The molecule has 0 bridgehead atoms. The summed E-state index contributed by atoms with van der Waals surface area (Å²) in [6, 6.07) is 16.9. The van der Waals surface area contributed by atoms with Crippen LogP contribution < -0.4 is 9.64 Å². The van der Waals surface area contributed by atoms with E-state index in [9.17, 15) is 14.7 Å². The number of nitrogens with zero attached hydrogens (tertiary/aromatic N) is 3. The third-order valence-corrected chi connectivity index (χ3v) is 6.38. The molecule has 1 amide bonds. The maximum atomic E-state index is 13.5. The quantitative estimate of drug-likeness (QED) is 0.221. The topological polar surface area (TPSA) is 108 Å². The Morgan fingerprint density at radius 2 is 1.84 bits per heavy atom. The number of rotatable bonds is 5. The summed E-state index contributed by atoms with van der Waals surface area (Å²) in [6.45, 7) is 8.54. The summed E-state index contributed by atoms with van der Waals surface area (Å²) in [6.07, 6.45) is 1.59. The van der Waals surface area contributed by atoms with Crippen molar-refractivity contribution in [3.63, 3.8) is 0 Å². The number of ketones is 1. The number of nitrogens with one attached hydrogen (secondary N) is 1. The number of pyridine rings is 1. The Morgan fingerprint density at radius 1 is 1.08 bits per heavy atom. The number of anilines is 1. The lowest BCUT2D eigenvalue weighted by atomic mass is 9.84. The number of ether oxygens (including phenoxy) is 1. The molecule has 8 nitrogen and oxygen atoms in total. The molecule has 0 saturated carbocycles. The lowest BCUT2D eigenvalue weighted by Gasteiger charge is -2.24. The van der Waals surface area contributed by atoms with Gasteiger partial charge in [-0.1, -0.05) is 39.0 Å². The normalized spacial score (nSPS) is 17.5. The lowest BCUT2D eigenvalue weighted by Crippen LogP contribution is -2.30. The number of fused-ring (bicyclic) bond motifs is 1. The summed E-state index contributed by atoms with van der Waals surface area (Å²) in [7, 11) is 0. The highest BCUT2D eigenvalue weighted by atomic mass is 16.5. The van der Waals surface area contributed by atoms with Gasteiger partial charge >= 0.3 is 5.91 Å². The fourth-order valence-corrected chi connectivity index (χ4v) is 4.62. The summed E-state index contributed by atoms with van der Waals surface area (Å²) in [4.78, 5) is 40.2. The Balaban J connectivity index is 1.71. The third kappa shape index (κ3) is 4.24. The van der Waals surface area contributed by atoms with Gasteiger partial charge in [0.2, 0.25) is 5.95 Å². The Labute approximate surface area is 214 Å². The first-order chi connectivity index (χ1) is 17.7. The number of hydrogen-bond acceptors (Lipinski definition) is 6. The van der Waals surface area contributed by atoms with E-state index in [-0.39, 0.29) is 22.7 Å². The number of aromatic nitrogens is 3. The van der Waals surface area contributed by atoms with Crippen molar-refractivity contribution in [1.29, 1.82) is 0 Å². The Kier molecular flexibility index (Phi) is 6.03. The molecule has 2 aromatic carbocycles. The molecular weight excluding hydrogens is 468 g/mol. The van der Waals surface area contributed by atoms with Gasteiger partial charge in [0.05, 0.1) is 28.9 Å². The van der Waals surface area contributed by atoms with Crippen molar-refractivity contribution in [3.8, 4) is 5.75 Å². The molecule has 37 heavy (non-hydrogen) atoms. The van der Waals surface area contributed by atoms with Gasteiger partial charge in [0.1, 0.15) is 17.6 Å². The van der Waals surface area contributed by atoms with E-state index in [1.807, 2.05) is 58.0 Å². The fourth-order valence-electron chi connectivity index (χ4n) is 4.62. The third-order valence-electron chi connectivity index (χ3n) is 6.38. The van der Waals surface area contributed by atoms with Crippen molar-refractivity contribution in [2.24, 2.45) is 0 Å². The highest BCUT2D eigenvalue weighted by molar-refractivity contribution is 6.51. The monoisotopic (exact) mass is 496 g/mol. The molecule has 1 saturated heterocycles. The molecule has 2 N–H and O–H groups in total. The van der Waals surface area contributed by atoms with Gasteiger partial charge in [0.25, 0.3) is 5.78 Å². The smallest absolute Gasteiger partial charge is 0.302 e. The van der Waals surface area contributed by atoms with Gasteiger partial charge in [0.15, 0.2) is 0 Å². The summed E-state index contributed by atoms with van der Waals surface area (Å²) in [5.74, 6) is -0.963. The van der Waals surface area contributed by atoms with Gasteiger partial charge in [-0.2, -0.15) is 0 Å². The number of imidazole rings is 1. The number of H-pyrrole nitrogens is 1. The highest BCUT2D eigenvalue weighted by Crippen LogP contribution is 2.42. The second-order valence-electron chi connectivity index (χ2n) is 9.90. The molecule has 0 radical (unpaired) electrons. The average molecular weight is 497 g/mol. The first-order valence-electron chi connectivity index (χ1n) is 12.1. The van der Waals surface area contributed by atoms with Crippen molar-refractivity contribution in [1.82, 2.24) is 15.0 Å². The van der Waals surface area contributed by atoms with E-state index in [4.69, 9.17) is 4.74 Å². The second-order valence-corrected chi connectivity index (χ2v) is 9.90.